The number of hydrogen-bond donors (Lipinski definition) is 1. The van der Waals surface area contributed by atoms with Crippen LogP contribution in [-0.2, 0) is 27.9 Å². The highest BCUT2D eigenvalue weighted by Gasteiger charge is 2.26. The molecule has 2 unspecified atom stereocenters. The highest BCUT2D eigenvalue weighted by molar-refractivity contribution is 7.47. The molecule has 0 bridgehead atoms. The number of rotatable bonds is 40. The van der Waals surface area contributed by atoms with Gasteiger partial charge in [-0.1, -0.05) is 167 Å². The minimum atomic E-state index is -4.27. The fourth-order valence-electron chi connectivity index (χ4n) is 5.88. The van der Waals surface area contributed by atoms with E-state index in [0.717, 1.165) is 44.9 Å². The lowest BCUT2D eigenvalue weighted by atomic mass is 10.0. The van der Waals surface area contributed by atoms with Crippen LogP contribution in [0.4, 0.5) is 0 Å². The molecular weight excluding hydrogens is 673 g/mol. The fourth-order valence-corrected chi connectivity index (χ4v) is 6.63. The topological polar surface area (TPSA) is 91.3 Å². The fraction of sp³-hybridized carbons (Fsp3) is 0.884. The van der Waals surface area contributed by atoms with Gasteiger partial charge in [0, 0.05) is 13.0 Å². The molecule has 0 rings (SSSR count). The molecule has 1 N–H and O–H groups in total. The maximum absolute atomic E-state index is 12.7. The normalized spacial score (nSPS) is 14.0. The molecule has 9 heteroatoms. The summed E-state index contributed by atoms with van der Waals surface area (Å²) >= 11 is 0. The molecule has 52 heavy (non-hydrogen) atoms. The first-order chi connectivity index (χ1) is 25.1. The van der Waals surface area contributed by atoms with E-state index in [-0.39, 0.29) is 25.8 Å². The Kier molecular flexibility index (Phi) is 36.2. The first kappa shape index (κ1) is 51.0. The van der Waals surface area contributed by atoms with Gasteiger partial charge in [-0.2, -0.15) is 0 Å². The molecule has 0 aromatic rings. The summed E-state index contributed by atoms with van der Waals surface area (Å²) in [6.45, 7) is 5.56. The van der Waals surface area contributed by atoms with Gasteiger partial charge in [-0.05, 0) is 38.5 Å². The van der Waals surface area contributed by atoms with E-state index in [1.54, 1.807) is 0 Å². The zero-order valence-electron chi connectivity index (χ0n) is 34.8. The SMILES string of the molecule is CCC/C=C\C/C=C\CCCCCCCCOCC(COP(=O)(O)OCC[N+](C)(C)C)OC(=O)CCCCCCCCCCCCCCCCCC. The van der Waals surface area contributed by atoms with Crippen molar-refractivity contribution in [2.45, 2.75) is 193 Å². The summed E-state index contributed by atoms with van der Waals surface area (Å²) in [4.78, 5) is 22.9. The van der Waals surface area contributed by atoms with Crippen molar-refractivity contribution in [3.8, 4) is 0 Å². The first-order valence-corrected chi connectivity index (χ1v) is 23.1. The Morgan fingerprint density at radius 2 is 1.10 bits per heavy atom. The van der Waals surface area contributed by atoms with Crippen LogP contribution in [0.3, 0.4) is 0 Å². The lowest BCUT2D eigenvalue weighted by molar-refractivity contribution is -0.870. The van der Waals surface area contributed by atoms with Gasteiger partial charge in [-0.15, -0.1) is 0 Å². The molecule has 0 amide bonds. The number of unbranched alkanes of at least 4 members (excludes halogenated alkanes) is 22. The van der Waals surface area contributed by atoms with Crippen molar-refractivity contribution in [1.82, 2.24) is 0 Å². The van der Waals surface area contributed by atoms with E-state index in [1.807, 2.05) is 21.1 Å². The van der Waals surface area contributed by atoms with E-state index < -0.39 is 13.9 Å². The van der Waals surface area contributed by atoms with E-state index in [9.17, 15) is 14.3 Å². The summed E-state index contributed by atoms with van der Waals surface area (Å²) in [6.07, 6.45) is 40.6. The Hall–Kier alpha value is -1.02. The molecule has 8 nitrogen and oxygen atoms in total. The van der Waals surface area contributed by atoms with Gasteiger partial charge >= 0.3 is 13.8 Å². The van der Waals surface area contributed by atoms with Gasteiger partial charge in [0.1, 0.15) is 19.3 Å². The van der Waals surface area contributed by atoms with Gasteiger partial charge in [-0.3, -0.25) is 13.8 Å². The van der Waals surface area contributed by atoms with Crippen LogP contribution in [0.2, 0.25) is 0 Å². The van der Waals surface area contributed by atoms with E-state index >= 15 is 0 Å². The van der Waals surface area contributed by atoms with E-state index in [4.69, 9.17) is 18.5 Å². The van der Waals surface area contributed by atoms with Gasteiger partial charge < -0.3 is 18.9 Å². The molecule has 0 aliphatic heterocycles. The largest absolute Gasteiger partial charge is 0.472 e. The van der Waals surface area contributed by atoms with Crippen LogP contribution in [0.5, 0.6) is 0 Å². The molecule has 0 fully saturated rings. The summed E-state index contributed by atoms with van der Waals surface area (Å²) in [5.41, 5.74) is 0. The molecule has 308 valence electrons. The van der Waals surface area contributed by atoms with Crippen molar-refractivity contribution in [2.24, 2.45) is 0 Å². The maximum atomic E-state index is 12.7. The van der Waals surface area contributed by atoms with Gasteiger partial charge in [0.2, 0.25) is 0 Å². The minimum Gasteiger partial charge on any atom is -0.457 e. The monoisotopic (exact) mass is 759 g/mol. The predicted octanol–water partition coefficient (Wildman–Crippen LogP) is 12.4. The van der Waals surface area contributed by atoms with Gasteiger partial charge in [-0.25, -0.2) is 4.57 Å². The van der Waals surface area contributed by atoms with Crippen LogP contribution in [0, 0.1) is 0 Å². The van der Waals surface area contributed by atoms with Crippen molar-refractivity contribution in [1.29, 1.82) is 0 Å². The average molecular weight is 759 g/mol. The quantitative estimate of drug-likeness (QED) is 0.0219. The molecule has 0 heterocycles. The summed E-state index contributed by atoms with van der Waals surface area (Å²) in [6, 6.07) is 0. The van der Waals surface area contributed by atoms with Crippen molar-refractivity contribution < 1.29 is 37.3 Å². The lowest BCUT2D eigenvalue weighted by Gasteiger charge is -2.24. The highest BCUT2D eigenvalue weighted by Crippen LogP contribution is 2.43. The van der Waals surface area contributed by atoms with Crippen LogP contribution in [0.15, 0.2) is 24.3 Å². The number of nitrogens with zero attached hydrogens (tertiary/aromatic N) is 1. The third-order valence-electron chi connectivity index (χ3n) is 9.25. The van der Waals surface area contributed by atoms with Crippen molar-refractivity contribution in [2.75, 3.05) is 54.1 Å². The molecule has 0 aliphatic rings. The number of quaternary nitrogens is 1. The van der Waals surface area contributed by atoms with Gasteiger partial charge in [0.25, 0.3) is 0 Å². The molecule has 0 radical (unpaired) electrons. The Morgan fingerprint density at radius 1 is 0.596 bits per heavy atom. The first-order valence-electron chi connectivity index (χ1n) is 21.6. The maximum Gasteiger partial charge on any atom is 0.472 e. The molecule has 2 atom stereocenters. The standard InChI is InChI=1S/C43H84NO7P/c1-6-8-10-12-14-16-18-20-22-23-24-26-28-30-32-34-36-43(45)51-42(41-50-52(46,47)49-39-37-44(3,4)5)40-48-38-35-33-31-29-27-25-21-19-17-15-13-11-9-7-2/h11,13,17,19,42H,6-10,12,14-16,18,20-41H2,1-5H3/p+1/b13-11-,19-17-. The number of carbonyl (C=O) groups excluding carboxylic acids is 1. The number of hydrogen-bond acceptors (Lipinski definition) is 6. The number of phosphoric ester groups is 1. The Morgan fingerprint density at radius 3 is 1.63 bits per heavy atom. The van der Waals surface area contributed by atoms with Crippen LogP contribution >= 0.6 is 7.82 Å². The third-order valence-corrected chi connectivity index (χ3v) is 10.2. The second kappa shape index (κ2) is 36.9. The summed E-state index contributed by atoms with van der Waals surface area (Å²) in [5.74, 6) is -0.316. The zero-order valence-corrected chi connectivity index (χ0v) is 35.7. The van der Waals surface area contributed by atoms with Crippen LogP contribution in [0.1, 0.15) is 187 Å². The van der Waals surface area contributed by atoms with E-state index in [0.29, 0.717) is 24.1 Å². The second-order valence-electron chi connectivity index (χ2n) is 15.7. The highest BCUT2D eigenvalue weighted by atomic mass is 31.2. The second-order valence-corrected chi connectivity index (χ2v) is 17.2. The van der Waals surface area contributed by atoms with Crippen LogP contribution in [0.25, 0.3) is 0 Å². The molecule has 0 saturated heterocycles. The van der Waals surface area contributed by atoms with E-state index in [1.165, 1.54) is 122 Å². The minimum absolute atomic E-state index is 0.0882. The number of phosphoric acid groups is 1. The van der Waals surface area contributed by atoms with Crippen LogP contribution in [-0.4, -0.2) is 75.6 Å². The number of ether oxygens (including phenoxy) is 2. The summed E-state index contributed by atoms with van der Waals surface area (Å²) in [7, 11) is 1.67. The average Bonchev–Trinajstić information content (AvgIpc) is 3.09. The summed E-state index contributed by atoms with van der Waals surface area (Å²) < 4.78 is 35.0. The molecule has 0 aliphatic carbocycles. The van der Waals surface area contributed by atoms with E-state index in [2.05, 4.69) is 38.2 Å². The van der Waals surface area contributed by atoms with Gasteiger partial charge in [0.15, 0.2) is 0 Å². The van der Waals surface area contributed by atoms with Gasteiger partial charge in [0.05, 0.1) is 34.4 Å². The van der Waals surface area contributed by atoms with Crippen molar-refractivity contribution >= 4 is 13.8 Å². The Balaban J connectivity index is 4.23. The third kappa shape index (κ3) is 40.2. The smallest absolute Gasteiger partial charge is 0.457 e. The number of allylic oxidation sites excluding steroid dienone is 4. The summed E-state index contributed by atoms with van der Waals surface area (Å²) in [5, 5.41) is 0. The van der Waals surface area contributed by atoms with Crippen molar-refractivity contribution in [3.05, 3.63) is 24.3 Å². The Bertz CT molecular complexity index is 889. The Labute approximate surface area is 322 Å². The number of carbonyl (C=O) groups is 1. The molecule has 0 saturated carbocycles. The molecular formula is C43H85NO7P+. The molecule has 0 spiro atoms. The van der Waals surface area contributed by atoms with Crippen LogP contribution < -0.4 is 0 Å². The number of likely N-dealkylation sites (N-methyl/N-ethyl adjacent to an activating group) is 1. The number of esters is 1. The predicted molar refractivity (Wildman–Crippen MR) is 220 cm³/mol. The zero-order chi connectivity index (χ0) is 38.4. The lowest BCUT2D eigenvalue weighted by Crippen LogP contribution is -2.37. The molecule has 0 aromatic heterocycles. The molecule has 0 aromatic carbocycles. The van der Waals surface area contributed by atoms with Crippen molar-refractivity contribution in [3.63, 3.8) is 0 Å².